The smallest absolute Gasteiger partial charge is 0.157 e. The van der Waals surface area contributed by atoms with Crippen LogP contribution in [0.5, 0.6) is 0 Å². The molecule has 0 amide bonds. The number of nitrogens with zero attached hydrogens (tertiary/aromatic N) is 3. The molecule has 1 fully saturated rings. The number of aromatic nitrogens is 3. The Hall–Kier alpha value is -1.27. The van der Waals surface area contributed by atoms with Crippen molar-refractivity contribution < 1.29 is 9.53 Å². The van der Waals surface area contributed by atoms with Crippen molar-refractivity contribution in [2.24, 2.45) is 11.7 Å². The molecule has 1 saturated heterocycles. The summed E-state index contributed by atoms with van der Waals surface area (Å²) in [6.45, 7) is 2.01. The van der Waals surface area contributed by atoms with Crippen LogP contribution in [-0.4, -0.2) is 34.0 Å². The van der Waals surface area contributed by atoms with Crippen LogP contribution in [0.1, 0.15) is 18.5 Å². The van der Waals surface area contributed by atoms with Gasteiger partial charge in [-0.15, -0.1) is 5.10 Å². The van der Waals surface area contributed by atoms with Crippen LogP contribution in [-0.2, 0) is 22.6 Å². The number of Topliss-reactive ketones (excluding diaryl/α,β-unsaturated/α-hetero) is 1. The number of hydrogen-bond acceptors (Lipinski definition) is 5. The normalized spacial score (nSPS) is 17.6. The average molecular weight is 224 g/mol. The van der Waals surface area contributed by atoms with Gasteiger partial charge >= 0.3 is 0 Å². The molecule has 0 atom stereocenters. The summed E-state index contributed by atoms with van der Waals surface area (Å²) in [5, 5.41) is 7.70. The van der Waals surface area contributed by atoms with E-state index in [4.69, 9.17) is 10.5 Å². The van der Waals surface area contributed by atoms with E-state index in [-0.39, 0.29) is 18.2 Å². The molecule has 2 heterocycles. The molecular formula is C10H16N4O2. The number of hydrogen-bond donors (Lipinski definition) is 1. The topological polar surface area (TPSA) is 83.0 Å². The van der Waals surface area contributed by atoms with Crippen LogP contribution in [0.3, 0.4) is 0 Å². The van der Waals surface area contributed by atoms with E-state index in [0.717, 1.165) is 12.8 Å². The van der Waals surface area contributed by atoms with E-state index < -0.39 is 0 Å². The molecule has 16 heavy (non-hydrogen) atoms. The van der Waals surface area contributed by atoms with Crippen LogP contribution >= 0.6 is 0 Å². The van der Waals surface area contributed by atoms with Crippen LogP contribution < -0.4 is 5.73 Å². The molecule has 0 aliphatic carbocycles. The maximum Gasteiger partial charge on any atom is 0.157 e. The second-order valence-electron chi connectivity index (χ2n) is 3.96. The minimum atomic E-state index is 0.110. The van der Waals surface area contributed by atoms with E-state index in [9.17, 15) is 4.79 Å². The van der Waals surface area contributed by atoms with Gasteiger partial charge in [-0.2, -0.15) is 0 Å². The molecule has 0 aromatic carbocycles. The molecule has 88 valence electrons. The minimum absolute atomic E-state index is 0.110. The second-order valence-corrected chi connectivity index (χ2v) is 3.96. The molecule has 6 nitrogen and oxygen atoms in total. The van der Waals surface area contributed by atoms with Crippen LogP contribution in [0, 0.1) is 5.92 Å². The lowest BCUT2D eigenvalue weighted by Gasteiger charge is -2.20. The number of ketones is 1. The summed E-state index contributed by atoms with van der Waals surface area (Å²) in [6.07, 6.45) is 3.35. The Labute approximate surface area is 93.8 Å². The molecular weight excluding hydrogens is 208 g/mol. The van der Waals surface area contributed by atoms with E-state index in [1.54, 1.807) is 10.9 Å². The van der Waals surface area contributed by atoms with Gasteiger partial charge in [-0.25, -0.2) is 4.68 Å². The van der Waals surface area contributed by atoms with Crippen LogP contribution in [0.15, 0.2) is 6.20 Å². The van der Waals surface area contributed by atoms with Crippen molar-refractivity contribution >= 4 is 5.78 Å². The maximum atomic E-state index is 11.9. The van der Waals surface area contributed by atoms with Crippen molar-refractivity contribution in [3.8, 4) is 0 Å². The van der Waals surface area contributed by atoms with Gasteiger partial charge < -0.3 is 10.5 Å². The third kappa shape index (κ3) is 2.65. The molecule has 1 aromatic heterocycles. The Morgan fingerprint density at radius 2 is 2.31 bits per heavy atom. The summed E-state index contributed by atoms with van der Waals surface area (Å²) in [5.74, 6) is 0.316. The van der Waals surface area contributed by atoms with Gasteiger partial charge in [0.05, 0.1) is 11.9 Å². The molecule has 2 rings (SSSR count). The first-order valence-electron chi connectivity index (χ1n) is 5.49. The predicted molar refractivity (Wildman–Crippen MR) is 56.5 cm³/mol. The molecule has 1 aromatic rings. The lowest BCUT2D eigenvalue weighted by Crippen LogP contribution is -2.26. The van der Waals surface area contributed by atoms with E-state index in [1.165, 1.54) is 0 Å². The van der Waals surface area contributed by atoms with Gasteiger partial charge in [-0.05, 0) is 12.8 Å². The summed E-state index contributed by atoms with van der Waals surface area (Å²) in [5.41, 5.74) is 6.13. The SMILES string of the molecule is NCc1cn(CC(=O)C2CCOCC2)nn1. The summed E-state index contributed by atoms with van der Waals surface area (Å²) >= 11 is 0. The first kappa shape index (κ1) is 11.2. The van der Waals surface area contributed by atoms with Gasteiger partial charge in [0.15, 0.2) is 5.78 Å². The minimum Gasteiger partial charge on any atom is -0.381 e. The molecule has 0 bridgehead atoms. The molecule has 0 radical (unpaired) electrons. The summed E-state index contributed by atoms with van der Waals surface area (Å²) in [7, 11) is 0. The molecule has 0 spiro atoms. The van der Waals surface area contributed by atoms with Crippen molar-refractivity contribution in [1.29, 1.82) is 0 Å². The Balaban J connectivity index is 1.90. The lowest BCUT2D eigenvalue weighted by atomic mass is 9.95. The van der Waals surface area contributed by atoms with Crippen LogP contribution in [0.25, 0.3) is 0 Å². The number of carbonyl (C=O) groups excluding carboxylic acids is 1. The lowest BCUT2D eigenvalue weighted by molar-refractivity contribution is -0.126. The van der Waals surface area contributed by atoms with Gasteiger partial charge in [0.25, 0.3) is 0 Å². The maximum absolute atomic E-state index is 11.9. The Kier molecular flexibility index (Phi) is 3.63. The third-order valence-corrected chi connectivity index (χ3v) is 2.79. The highest BCUT2D eigenvalue weighted by atomic mass is 16.5. The molecule has 0 saturated carbocycles. The zero-order chi connectivity index (χ0) is 11.4. The van der Waals surface area contributed by atoms with E-state index in [2.05, 4.69) is 10.3 Å². The molecule has 1 aliphatic rings. The monoisotopic (exact) mass is 224 g/mol. The summed E-state index contributed by atoms with van der Waals surface area (Å²) in [4.78, 5) is 11.9. The van der Waals surface area contributed by atoms with Crippen molar-refractivity contribution in [3.05, 3.63) is 11.9 Å². The Bertz CT molecular complexity index is 357. The molecule has 0 unspecified atom stereocenters. The average Bonchev–Trinajstić information content (AvgIpc) is 2.78. The number of ether oxygens (including phenoxy) is 1. The number of nitrogens with two attached hydrogens (primary N) is 1. The number of carbonyl (C=O) groups is 1. The van der Waals surface area contributed by atoms with Crippen LogP contribution in [0.4, 0.5) is 0 Å². The fourth-order valence-electron chi connectivity index (χ4n) is 1.82. The molecule has 1 aliphatic heterocycles. The Morgan fingerprint density at radius 1 is 1.56 bits per heavy atom. The van der Waals surface area contributed by atoms with E-state index >= 15 is 0 Å². The highest BCUT2D eigenvalue weighted by Crippen LogP contribution is 2.16. The zero-order valence-electron chi connectivity index (χ0n) is 9.13. The van der Waals surface area contributed by atoms with E-state index in [1.807, 2.05) is 0 Å². The van der Waals surface area contributed by atoms with Crippen molar-refractivity contribution in [1.82, 2.24) is 15.0 Å². The van der Waals surface area contributed by atoms with Gasteiger partial charge in [-0.3, -0.25) is 4.79 Å². The molecule has 2 N–H and O–H groups in total. The standard InChI is InChI=1S/C10H16N4O2/c11-5-9-6-14(13-12-9)7-10(15)8-1-3-16-4-2-8/h6,8H,1-5,7,11H2. The first-order valence-corrected chi connectivity index (χ1v) is 5.49. The van der Waals surface area contributed by atoms with Crippen LogP contribution in [0.2, 0.25) is 0 Å². The van der Waals surface area contributed by atoms with Gasteiger partial charge in [-0.1, -0.05) is 5.21 Å². The highest BCUT2D eigenvalue weighted by molar-refractivity contribution is 5.80. The predicted octanol–water partition coefficient (Wildman–Crippen LogP) is -0.268. The van der Waals surface area contributed by atoms with E-state index in [0.29, 0.717) is 25.5 Å². The van der Waals surface area contributed by atoms with Crippen molar-refractivity contribution in [2.75, 3.05) is 13.2 Å². The third-order valence-electron chi connectivity index (χ3n) is 2.79. The fourth-order valence-corrected chi connectivity index (χ4v) is 1.82. The first-order chi connectivity index (χ1) is 7.79. The van der Waals surface area contributed by atoms with Crippen molar-refractivity contribution in [2.45, 2.75) is 25.9 Å². The fraction of sp³-hybridized carbons (Fsp3) is 0.700. The van der Waals surface area contributed by atoms with Crippen molar-refractivity contribution in [3.63, 3.8) is 0 Å². The molecule has 6 heteroatoms. The largest absolute Gasteiger partial charge is 0.381 e. The van der Waals surface area contributed by atoms with Gasteiger partial charge in [0.2, 0.25) is 0 Å². The summed E-state index contributed by atoms with van der Waals surface area (Å²) in [6, 6.07) is 0. The Morgan fingerprint density at radius 3 is 2.94 bits per heavy atom. The quantitative estimate of drug-likeness (QED) is 0.761. The zero-order valence-corrected chi connectivity index (χ0v) is 9.13. The highest BCUT2D eigenvalue weighted by Gasteiger charge is 2.21. The number of rotatable bonds is 4. The van der Waals surface area contributed by atoms with Gasteiger partial charge in [0, 0.05) is 25.7 Å². The second kappa shape index (κ2) is 5.18. The van der Waals surface area contributed by atoms with Gasteiger partial charge in [0.1, 0.15) is 6.54 Å². The summed E-state index contributed by atoms with van der Waals surface area (Å²) < 4.78 is 6.77.